The maximum Gasteiger partial charge on any atom is 0.220 e. The molecule has 3 N–H and O–H groups in total. The Labute approximate surface area is 200 Å². The van der Waals surface area contributed by atoms with Crippen molar-refractivity contribution < 1.29 is 9.53 Å². The summed E-state index contributed by atoms with van der Waals surface area (Å²) in [4.78, 5) is 23.2. The Balaban J connectivity index is 0.00000341. The van der Waals surface area contributed by atoms with Crippen LogP contribution in [0, 0.1) is 5.92 Å². The SMILES string of the molecule is CCNC(=NCc1nc(-c2ccc(OC)cc2)n[nH]1)N1CCC(CC(=O)NC)CC1.I. The molecule has 31 heavy (non-hydrogen) atoms. The Morgan fingerprint density at radius 3 is 2.61 bits per heavy atom. The second-order valence-electron chi connectivity index (χ2n) is 7.31. The first-order chi connectivity index (χ1) is 14.6. The maximum atomic E-state index is 11.6. The number of nitrogens with zero attached hydrogens (tertiary/aromatic N) is 4. The lowest BCUT2D eigenvalue weighted by atomic mass is 9.93. The van der Waals surface area contributed by atoms with E-state index in [9.17, 15) is 4.79 Å². The van der Waals surface area contributed by atoms with Crippen molar-refractivity contribution >= 4 is 35.8 Å². The highest BCUT2D eigenvalue weighted by Crippen LogP contribution is 2.21. The van der Waals surface area contributed by atoms with Gasteiger partial charge < -0.3 is 20.3 Å². The van der Waals surface area contributed by atoms with Crippen LogP contribution in [-0.4, -0.2) is 65.7 Å². The third-order valence-electron chi connectivity index (χ3n) is 5.26. The summed E-state index contributed by atoms with van der Waals surface area (Å²) in [6.07, 6.45) is 2.58. The number of aromatic nitrogens is 3. The number of carbonyl (C=O) groups is 1. The predicted octanol–water partition coefficient (Wildman–Crippen LogP) is 2.41. The van der Waals surface area contributed by atoms with Gasteiger partial charge in [0.05, 0.1) is 7.11 Å². The molecule has 1 fully saturated rings. The molecule has 1 amide bonds. The van der Waals surface area contributed by atoms with Crippen LogP contribution in [0.15, 0.2) is 29.3 Å². The molecule has 1 saturated heterocycles. The van der Waals surface area contributed by atoms with Crippen molar-refractivity contribution in [1.82, 2.24) is 30.7 Å². The van der Waals surface area contributed by atoms with E-state index in [0.717, 1.165) is 49.7 Å². The summed E-state index contributed by atoms with van der Waals surface area (Å²) < 4.78 is 5.19. The first kappa shape index (κ1) is 24.9. The highest BCUT2D eigenvalue weighted by atomic mass is 127. The normalized spacial score (nSPS) is 14.7. The average molecular weight is 541 g/mol. The fourth-order valence-corrected chi connectivity index (χ4v) is 3.52. The number of carbonyl (C=O) groups excluding carboxylic acids is 1. The number of amides is 1. The van der Waals surface area contributed by atoms with Crippen LogP contribution in [-0.2, 0) is 11.3 Å². The summed E-state index contributed by atoms with van der Waals surface area (Å²) in [7, 11) is 3.33. The van der Waals surface area contributed by atoms with E-state index in [0.29, 0.717) is 30.5 Å². The number of piperidine rings is 1. The molecule has 1 aromatic heterocycles. The lowest BCUT2D eigenvalue weighted by Gasteiger charge is -2.34. The van der Waals surface area contributed by atoms with Crippen LogP contribution in [0.5, 0.6) is 5.75 Å². The molecule has 0 saturated carbocycles. The van der Waals surface area contributed by atoms with Crippen LogP contribution in [0.1, 0.15) is 32.0 Å². The number of nitrogens with one attached hydrogen (secondary N) is 3. The highest BCUT2D eigenvalue weighted by Gasteiger charge is 2.23. The van der Waals surface area contributed by atoms with Crippen molar-refractivity contribution in [3.8, 4) is 17.1 Å². The standard InChI is InChI=1S/C21H31N7O2.HI/c1-4-23-21(28-11-9-15(10-12-28)13-19(29)22-2)24-14-18-25-20(27-26-18)16-5-7-17(30-3)8-6-16;/h5-8,15H,4,9-14H2,1-3H3,(H,22,29)(H,23,24)(H,25,26,27);1H. The van der Waals surface area contributed by atoms with Crippen LogP contribution >= 0.6 is 24.0 Å². The Hall–Kier alpha value is -2.37. The van der Waals surface area contributed by atoms with E-state index < -0.39 is 0 Å². The summed E-state index contributed by atoms with van der Waals surface area (Å²) >= 11 is 0. The van der Waals surface area contributed by atoms with Gasteiger partial charge in [-0.2, -0.15) is 5.10 Å². The number of ether oxygens (including phenoxy) is 1. The average Bonchev–Trinajstić information content (AvgIpc) is 3.26. The van der Waals surface area contributed by atoms with Crippen LogP contribution < -0.4 is 15.4 Å². The maximum absolute atomic E-state index is 11.6. The Bertz CT molecular complexity index is 846. The molecule has 2 heterocycles. The molecule has 9 nitrogen and oxygen atoms in total. The van der Waals surface area contributed by atoms with Crippen LogP contribution in [0.4, 0.5) is 0 Å². The molecule has 1 aliphatic rings. The largest absolute Gasteiger partial charge is 0.497 e. The number of hydrogen-bond donors (Lipinski definition) is 3. The van der Waals surface area contributed by atoms with Crippen molar-refractivity contribution in [2.75, 3.05) is 33.8 Å². The van der Waals surface area contributed by atoms with Gasteiger partial charge in [0.1, 0.15) is 18.1 Å². The Morgan fingerprint density at radius 2 is 2.00 bits per heavy atom. The van der Waals surface area contributed by atoms with Gasteiger partial charge in [-0.05, 0) is 49.9 Å². The molecule has 2 aromatic rings. The third-order valence-corrected chi connectivity index (χ3v) is 5.26. The summed E-state index contributed by atoms with van der Waals surface area (Å²) in [6.45, 7) is 5.06. The lowest BCUT2D eigenvalue weighted by molar-refractivity contribution is -0.121. The molecule has 0 unspecified atom stereocenters. The molecule has 10 heteroatoms. The summed E-state index contributed by atoms with van der Waals surface area (Å²) in [5.41, 5.74) is 0.923. The zero-order valence-corrected chi connectivity index (χ0v) is 20.7. The molecule has 0 atom stereocenters. The van der Waals surface area contributed by atoms with Gasteiger partial charge in [0.2, 0.25) is 5.91 Å². The first-order valence-electron chi connectivity index (χ1n) is 10.4. The highest BCUT2D eigenvalue weighted by molar-refractivity contribution is 14.0. The summed E-state index contributed by atoms with van der Waals surface area (Å²) in [5.74, 6) is 3.58. The van der Waals surface area contributed by atoms with Gasteiger partial charge >= 0.3 is 0 Å². The number of aliphatic imine (C=N–C) groups is 1. The monoisotopic (exact) mass is 541 g/mol. The fourth-order valence-electron chi connectivity index (χ4n) is 3.52. The number of likely N-dealkylation sites (tertiary alicyclic amines) is 1. The number of aromatic amines is 1. The number of guanidine groups is 1. The molecular formula is C21H32IN7O2. The molecule has 1 aromatic carbocycles. The first-order valence-corrected chi connectivity index (χ1v) is 10.4. The Kier molecular flexibility index (Phi) is 10.0. The van der Waals surface area contributed by atoms with Gasteiger partial charge in [-0.3, -0.25) is 9.89 Å². The number of methoxy groups -OCH3 is 1. The van der Waals surface area contributed by atoms with Gasteiger partial charge in [-0.1, -0.05) is 0 Å². The summed E-state index contributed by atoms with van der Waals surface area (Å²) in [5, 5.41) is 13.4. The van der Waals surface area contributed by atoms with Crippen molar-refractivity contribution in [3.05, 3.63) is 30.1 Å². The second-order valence-corrected chi connectivity index (χ2v) is 7.31. The molecular weight excluding hydrogens is 509 g/mol. The van der Waals surface area contributed by atoms with E-state index >= 15 is 0 Å². The van der Waals surface area contributed by atoms with Crippen molar-refractivity contribution in [1.29, 1.82) is 0 Å². The minimum atomic E-state index is 0. The Morgan fingerprint density at radius 1 is 1.29 bits per heavy atom. The summed E-state index contributed by atoms with van der Waals surface area (Å²) in [6, 6.07) is 7.64. The van der Waals surface area contributed by atoms with E-state index in [4.69, 9.17) is 9.73 Å². The van der Waals surface area contributed by atoms with Crippen molar-refractivity contribution in [3.63, 3.8) is 0 Å². The predicted molar refractivity (Wildman–Crippen MR) is 132 cm³/mol. The van der Waals surface area contributed by atoms with Gasteiger partial charge in [-0.25, -0.2) is 9.98 Å². The second kappa shape index (κ2) is 12.5. The third kappa shape index (κ3) is 7.08. The molecule has 0 radical (unpaired) electrons. The van der Waals surface area contributed by atoms with E-state index in [1.165, 1.54) is 0 Å². The fraction of sp³-hybridized carbons (Fsp3) is 0.524. The van der Waals surface area contributed by atoms with Crippen LogP contribution in [0.25, 0.3) is 11.4 Å². The minimum Gasteiger partial charge on any atom is -0.497 e. The zero-order chi connectivity index (χ0) is 21.3. The van der Waals surface area contributed by atoms with Crippen LogP contribution in [0.3, 0.4) is 0 Å². The number of halogens is 1. The van der Waals surface area contributed by atoms with Crippen molar-refractivity contribution in [2.24, 2.45) is 10.9 Å². The number of rotatable bonds is 7. The topological polar surface area (TPSA) is 108 Å². The molecule has 170 valence electrons. The molecule has 0 spiro atoms. The minimum absolute atomic E-state index is 0. The number of benzene rings is 1. The quantitative estimate of drug-likeness (QED) is 0.283. The van der Waals surface area contributed by atoms with E-state index in [-0.39, 0.29) is 29.9 Å². The van der Waals surface area contributed by atoms with Gasteiger partial charge in [0.15, 0.2) is 11.8 Å². The number of hydrogen-bond acceptors (Lipinski definition) is 5. The van der Waals surface area contributed by atoms with Gasteiger partial charge in [-0.15, -0.1) is 24.0 Å². The smallest absolute Gasteiger partial charge is 0.220 e. The van der Waals surface area contributed by atoms with Gasteiger partial charge in [0, 0.05) is 38.7 Å². The molecule has 1 aliphatic heterocycles. The van der Waals surface area contributed by atoms with E-state index in [1.54, 1.807) is 14.2 Å². The molecule has 0 aliphatic carbocycles. The van der Waals surface area contributed by atoms with Crippen LogP contribution in [0.2, 0.25) is 0 Å². The molecule has 0 bridgehead atoms. The van der Waals surface area contributed by atoms with Gasteiger partial charge in [0.25, 0.3) is 0 Å². The van der Waals surface area contributed by atoms with E-state index in [2.05, 4.69) is 37.6 Å². The lowest BCUT2D eigenvalue weighted by Crippen LogP contribution is -2.46. The zero-order valence-electron chi connectivity index (χ0n) is 18.4. The van der Waals surface area contributed by atoms with E-state index in [1.807, 2.05) is 24.3 Å². The number of H-pyrrole nitrogens is 1. The van der Waals surface area contributed by atoms with Crippen molar-refractivity contribution in [2.45, 2.75) is 32.7 Å². The molecule has 3 rings (SSSR count).